The zero-order valence-electron chi connectivity index (χ0n) is 11.3. The largest absolute Gasteiger partial charge is 0.481 e. The van der Waals surface area contributed by atoms with Crippen molar-refractivity contribution < 1.29 is 9.53 Å². The number of carbonyl (C=O) groups is 1. The first-order valence-electron chi connectivity index (χ1n) is 6.77. The Hall–Kier alpha value is -1.62. The lowest BCUT2D eigenvalue weighted by Gasteiger charge is -2.06. The van der Waals surface area contributed by atoms with Gasteiger partial charge in [0.15, 0.2) is 0 Å². The van der Waals surface area contributed by atoms with Crippen LogP contribution >= 0.6 is 0 Å². The van der Waals surface area contributed by atoms with Crippen LogP contribution in [0.2, 0.25) is 0 Å². The summed E-state index contributed by atoms with van der Waals surface area (Å²) in [5, 5.41) is 6.29. The van der Waals surface area contributed by atoms with Gasteiger partial charge in [0, 0.05) is 31.3 Å². The maximum absolute atomic E-state index is 11.4. The van der Waals surface area contributed by atoms with Crippen molar-refractivity contribution >= 4 is 5.91 Å². The molecule has 0 atom stereocenters. The number of nitrogens with one attached hydrogen (secondary N) is 2. The molecule has 0 saturated heterocycles. The Bertz CT molecular complexity index is 402. The average molecular weight is 263 g/mol. The molecule has 0 unspecified atom stereocenters. The molecular weight excluding hydrogens is 242 g/mol. The summed E-state index contributed by atoms with van der Waals surface area (Å²) >= 11 is 0. The molecule has 0 radical (unpaired) electrons. The number of carbonyl (C=O) groups excluding carboxylic acids is 1. The van der Waals surface area contributed by atoms with E-state index in [0.29, 0.717) is 18.3 Å². The van der Waals surface area contributed by atoms with E-state index in [4.69, 9.17) is 4.74 Å². The van der Waals surface area contributed by atoms with Crippen LogP contribution in [-0.2, 0) is 11.3 Å². The minimum atomic E-state index is 0.176. The molecule has 19 heavy (non-hydrogen) atoms. The van der Waals surface area contributed by atoms with Crippen molar-refractivity contribution in [1.82, 2.24) is 15.6 Å². The van der Waals surface area contributed by atoms with E-state index in [0.717, 1.165) is 37.9 Å². The predicted octanol–water partition coefficient (Wildman–Crippen LogP) is 1.24. The van der Waals surface area contributed by atoms with E-state index in [1.165, 1.54) is 0 Å². The van der Waals surface area contributed by atoms with Crippen LogP contribution in [0, 0.1) is 0 Å². The van der Waals surface area contributed by atoms with Crippen molar-refractivity contribution in [1.29, 1.82) is 0 Å². The van der Waals surface area contributed by atoms with Crippen LogP contribution in [0.1, 0.15) is 31.2 Å². The minimum absolute atomic E-state index is 0.176. The molecule has 1 amide bonds. The number of ether oxygens (including phenoxy) is 1. The first kappa shape index (κ1) is 13.8. The molecule has 1 aliphatic rings. The van der Waals surface area contributed by atoms with Crippen LogP contribution in [0.5, 0.6) is 5.88 Å². The molecule has 104 valence electrons. The molecule has 1 aromatic heterocycles. The van der Waals surface area contributed by atoms with Crippen molar-refractivity contribution in [3.8, 4) is 5.88 Å². The molecule has 0 bridgehead atoms. The first-order chi connectivity index (χ1) is 9.28. The van der Waals surface area contributed by atoms with Gasteiger partial charge in [-0.05, 0) is 31.4 Å². The number of hydrogen-bond acceptors (Lipinski definition) is 4. The zero-order chi connectivity index (χ0) is 13.5. The van der Waals surface area contributed by atoms with Gasteiger partial charge in [0.2, 0.25) is 11.8 Å². The van der Waals surface area contributed by atoms with E-state index in [1.54, 1.807) is 13.3 Å². The highest BCUT2D eigenvalue weighted by Gasteiger charge is 2.22. The Kier molecular flexibility index (Phi) is 5.15. The Morgan fingerprint density at radius 1 is 1.47 bits per heavy atom. The van der Waals surface area contributed by atoms with Gasteiger partial charge in [0.05, 0.1) is 7.11 Å². The number of nitrogens with zero attached hydrogens (tertiary/aromatic N) is 1. The second-order valence-electron chi connectivity index (χ2n) is 4.83. The number of amides is 1. The molecule has 2 N–H and O–H groups in total. The number of methoxy groups -OCH3 is 1. The number of hydrogen-bond donors (Lipinski definition) is 2. The molecule has 2 rings (SSSR count). The Morgan fingerprint density at radius 3 is 2.95 bits per heavy atom. The van der Waals surface area contributed by atoms with Crippen LogP contribution in [0.15, 0.2) is 18.3 Å². The predicted molar refractivity (Wildman–Crippen MR) is 72.9 cm³/mol. The molecule has 0 aliphatic heterocycles. The fourth-order valence-electron chi connectivity index (χ4n) is 1.77. The zero-order valence-corrected chi connectivity index (χ0v) is 11.3. The lowest BCUT2D eigenvalue weighted by molar-refractivity contribution is -0.121. The average Bonchev–Trinajstić information content (AvgIpc) is 3.23. The van der Waals surface area contributed by atoms with Gasteiger partial charge in [-0.25, -0.2) is 4.98 Å². The molecular formula is C14H21N3O2. The van der Waals surface area contributed by atoms with Crippen molar-refractivity contribution in [2.75, 3.05) is 13.7 Å². The third kappa shape index (κ3) is 5.26. The normalized spacial score (nSPS) is 14.2. The second-order valence-corrected chi connectivity index (χ2v) is 4.83. The van der Waals surface area contributed by atoms with Gasteiger partial charge < -0.3 is 15.4 Å². The van der Waals surface area contributed by atoms with Crippen molar-refractivity contribution in [3.63, 3.8) is 0 Å². The fourth-order valence-corrected chi connectivity index (χ4v) is 1.77. The quantitative estimate of drug-likeness (QED) is 0.693. The van der Waals surface area contributed by atoms with E-state index in [9.17, 15) is 4.79 Å². The van der Waals surface area contributed by atoms with Gasteiger partial charge in [-0.3, -0.25) is 4.79 Å². The van der Waals surface area contributed by atoms with Crippen molar-refractivity contribution in [3.05, 3.63) is 23.9 Å². The summed E-state index contributed by atoms with van der Waals surface area (Å²) in [4.78, 5) is 15.6. The van der Waals surface area contributed by atoms with E-state index >= 15 is 0 Å². The smallest absolute Gasteiger partial charge is 0.220 e. The van der Waals surface area contributed by atoms with Gasteiger partial charge in [-0.2, -0.15) is 0 Å². The molecule has 0 spiro atoms. The van der Waals surface area contributed by atoms with Crippen molar-refractivity contribution in [2.24, 2.45) is 0 Å². The highest BCUT2D eigenvalue weighted by atomic mass is 16.5. The van der Waals surface area contributed by atoms with Gasteiger partial charge >= 0.3 is 0 Å². The lowest BCUT2D eigenvalue weighted by atomic mass is 10.2. The SMILES string of the molecule is COc1ccc(CNCCCC(=O)NC2CC2)cn1. The third-order valence-electron chi connectivity index (χ3n) is 3.04. The molecule has 1 aliphatic carbocycles. The highest BCUT2D eigenvalue weighted by Crippen LogP contribution is 2.18. The Balaban J connectivity index is 1.54. The molecule has 1 fully saturated rings. The van der Waals surface area contributed by atoms with Crippen LogP contribution in [0.3, 0.4) is 0 Å². The maximum atomic E-state index is 11.4. The molecule has 0 aromatic carbocycles. The lowest BCUT2D eigenvalue weighted by Crippen LogP contribution is -2.26. The molecule has 1 heterocycles. The van der Waals surface area contributed by atoms with Gasteiger partial charge in [-0.15, -0.1) is 0 Å². The maximum Gasteiger partial charge on any atom is 0.220 e. The number of aromatic nitrogens is 1. The van der Waals surface area contributed by atoms with E-state index in [1.807, 2.05) is 12.1 Å². The summed E-state index contributed by atoms with van der Waals surface area (Å²) in [6.45, 7) is 1.60. The van der Waals surface area contributed by atoms with Crippen LogP contribution in [0.4, 0.5) is 0 Å². The summed E-state index contributed by atoms with van der Waals surface area (Å²) in [6.07, 6.45) is 5.56. The number of rotatable bonds is 8. The standard InChI is InChI=1S/C14H21N3O2/c1-19-14-7-4-11(10-16-14)9-15-8-2-3-13(18)17-12-5-6-12/h4,7,10,12,15H,2-3,5-6,8-9H2,1H3,(H,17,18). The molecule has 1 aromatic rings. The van der Waals surface area contributed by atoms with E-state index < -0.39 is 0 Å². The van der Waals surface area contributed by atoms with Gasteiger partial charge in [0.1, 0.15) is 0 Å². The van der Waals surface area contributed by atoms with Crippen molar-refractivity contribution in [2.45, 2.75) is 38.3 Å². The van der Waals surface area contributed by atoms with Crippen LogP contribution in [0.25, 0.3) is 0 Å². The summed E-state index contributed by atoms with van der Waals surface area (Å²) in [5.41, 5.74) is 1.11. The highest BCUT2D eigenvalue weighted by molar-refractivity contribution is 5.76. The summed E-state index contributed by atoms with van der Waals surface area (Å²) in [6, 6.07) is 4.30. The fraction of sp³-hybridized carbons (Fsp3) is 0.571. The Labute approximate surface area is 113 Å². The molecule has 5 heteroatoms. The van der Waals surface area contributed by atoms with E-state index in [-0.39, 0.29) is 5.91 Å². The topological polar surface area (TPSA) is 63.2 Å². The second kappa shape index (κ2) is 7.09. The van der Waals surface area contributed by atoms with Crippen LogP contribution < -0.4 is 15.4 Å². The summed E-state index contributed by atoms with van der Waals surface area (Å²) in [7, 11) is 1.60. The van der Waals surface area contributed by atoms with Crippen LogP contribution in [-0.4, -0.2) is 30.6 Å². The number of pyridine rings is 1. The Morgan fingerprint density at radius 2 is 2.32 bits per heavy atom. The summed E-state index contributed by atoms with van der Waals surface area (Å²) < 4.78 is 5.00. The minimum Gasteiger partial charge on any atom is -0.481 e. The molecule has 5 nitrogen and oxygen atoms in total. The third-order valence-corrected chi connectivity index (χ3v) is 3.04. The summed E-state index contributed by atoms with van der Waals surface area (Å²) in [5.74, 6) is 0.802. The first-order valence-corrected chi connectivity index (χ1v) is 6.77. The van der Waals surface area contributed by atoms with Gasteiger partial charge in [0.25, 0.3) is 0 Å². The monoisotopic (exact) mass is 263 g/mol. The van der Waals surface area contributed by atoms with Gasteiger partial charge in [-0.1, -0.05) is 6.07 Å². The molecule has 1 saturated carbocycles. The van der Waals surface area contributed by atoms with E-state index in [2.05, 4.69) is 15.6 Å².